The first-order valence-corrected chi connectivity index (χ1v) is 11.3. The summed E-state index contributed by atoms with van der Waals surface area (Å²) in [6.07, 6.45) is 3.61. The Morgan fingerprint density at radius 2 is 1.86 bits per heavy atom. The number of nitrogens with zero attached hydrogens (tertiary/aromatic N) is 4. The quantitative estimate of drug-likeness (QED) is 0.581. The van der Waals surface area contributed by atoms with Crippen LogP contribution in [-0.4, -0.2) is 53.9 Å². The monoisotopic (exact) mass is 414 g/mol. The van der Waals surface area contributed by atoms with Gasteiger partial charge in [0, 0.05) is 37.5 Å². The zero-order valence-electron chi connectivity index (χ0n) is 16.3. The minimum absolute atomic E-state index is 0.0715. The first-order valence-electron chi connectivity index (χ1n) is 9.37. The summed E-state index contributed by atoms with van der Waals surface area (Å²) in [5, 5.41) is 3.98. The lowest BCUT2D eigenvalue weighted by Crippen LogP contribution is -2.53. The highest BCUT2D eigenvalue weighted by atomic mass is 32.2. The van der Waals surface area contributed by atoms with E-state index in [4.69, 9.17) is 9.26 Å². The average Bonchev–Trinajstić information content (AvgIpc) is 3.14. The Labute approximate surface area is 169 Å². The number of hydrogen-bond donors (Lipinski definition) is 0. The lowest BCUT2D eigenvalue weighted by molar-refractivity contribution is 0.00864. The SMILES string of the molecule is CCc1noc(CN2CC(Oc3ccc(-c4ccc(S(C)(=O)=O)nc4)cc3)C2)n1. The van der Waals surface area contributed by atoms with Gasteiger partial charge in [-0.3, -0.25) is 4.90 Å². The molecule has 9 heteroatoms. The van der Waals surface area contributed by atoms with Crippen molar-refractivity contribution in [2.24, 2.45) is 0 Å². The molecule has 3 aromatic rings. The van der Waals surface area contributed by atoms with Crippen molar-refractivity contribution in [3.63, 3.8) is 0 Å². The van der Waals surface area contributed by atoms with Gasteiger partial charge in [0.1, 0.15) is 11.9 Å². The van der Waals surface area contributed by atoms with E-state index in [1.807, 2.05) is 31.2 Å². The average molecular weight is 414 g/mol. The number of sulfone groups is 1. The molecule has 152 valence electrons. The Morgan fingerprint density at radius 3 is 2.45 bits per heavy atom. The first-order chi connectivity index (χ1) is 13.9. The fourth-order valence-corrected chi connectivity index (χ4v) is 3.66. The molecule has 2 aromatic heterocycles. The number of aromatic nitrogens is 3. The zero-order valence-corrected chi connectivity index (χ0v) is 17.1. The number of likely N-dealkylation sites (tertiary alicyclic amines) is 1. The van der Waals surface area contributed by atoms with E-state index in [2.05, 4.69) is 20.0 Å². The Bertz CT molecular complexity index is 1070. The summed E-state index contributed by atoms with van der Waals surface area (Å²) >= 11 is 0. The highest BCUT2D eigenvalue weighted by Gasteiger charge is 2.29. The van der Waals surface area contributed by atoms with E-state index >= 15 is 0 Å². The molecule has 1 aromatic carbocycles. The predicted octanol–water partition coefficient (Wildman–Crippen LogP) is 2.36. The van der Waals surface area contributed by atoms with Crippen LogP contribution in [0.5, 0.6) is 5.75 Å². The summed E-state index contributed by atoms with van der Waals surface area (Å²) in [4.78, 5) is 10.5. The number of pyridine rings is 1. The van der Waals surface area contributed by atoms with Gasteiger partial charge in [-0.25, -0.2) is 13.4 Å². The predicted molar refractivity (Wildman–Crippen MR) is 106 cm³/mol. The van der Waals surface area contributed by atoms with Gasteiger partial charge in [-0.15, -0.1) is 0 Å². The Morgan fingerprint density at radius 1 is 1.14 bits per heavy atom. The maximum Gasteiger partial charge on any atom is 0.240 e. The van der Waals surface area contributed by atoms with Crippen molar-refractivity contribution in [3.05, 3.63) is 54.3 Å². The third-order valence-electron chi connectivity index (χ3n) is 4.72. The standard InChI is InChI=1S/C20H22N4O4S/c1-3-18-22-19(28-23-18)13-24-11-17(12-24)27-16-7-4-14(5-8-16)15-6-9-20(21-10-15)29(2,25)26/h4-10,17H,3,11-13H2,1-2H3. The van der Waals surface area contributed by atoms with Crippen LogP contribution in [0.4, 0.5) is 0 Å². The summed E-state index contributed by atoms with van der Waals surface area (Å²) in [7, 11) is -3.29. The van der Waals surface area contributed by atoms with Crippen molar-refractivity contribution in [3.8, 4) is 16.9 Å². The van der Waals surface area contributed by atoms with Crippen molar-refractivity contribution in [1.29, 1.82) is 0 Å². The lowest BCUT2D eigenvalue weighted by atomic mass is 10.1. The molecule has 0 saturated carbocycles. The number of rotatable bonds is 7. The molecule has 1 fully saturated rings. The summed E-state index contributed by atoms with van der Waals surface area (Å²) in [6, 6.07) is 11.0. The van der Waals surface area contributed by atoms with Crippen molar-refractivity contribution < 1.29 is 17.7 Å². The van der Waals surface area contributed by atoms with E-state index < -0.39 is 9.84 Å². The van der Waals surface area contributed by atoms with Crippen LogP contribution in [0.3, 0.4) is 0 Å². The third-order valence-corrected chi connectivity index (χ3v) is 5.72. The Balaban J connectivity index is 1.30. The van der Waals surface area contributed by atoms with E-state index in [1.165, 1.54) is 6.07 Å². The molecule has 1 aliphatic rings. The maximum absolute atomic E-state index is 11.5. The van der Waals surface area contributed by atoms with Gasteiger partial charge < -0.3 is 9.26 Å². The van der Waals surface area contributed by atoms with Crippen LogP contribution in [0.25, 0.3) is 11.1 Å². The van der Waals surface area contributed by atoms with E-state index in [-0.39, 0.29) is 11.1 Å². The molecule has 1 aliphatic heterocycles. The van der Waals surface area contributed by atoms with Gasteiger partial charge in [0.15, 0.2) is 20.7 Å². The van der Waals surface area contributed by atoms with Crippen LogP contribution < -0.4 is 4.74 Å². The second kappa shape index (κ2) is 7.92. The second-order valence-electron chi connectivity index (χ2n) is 7.07. The number of aryl methyl sites for hydroxylation is 1. The highest BCUT2D eigenvalue weighted by molar-refractivity contribution is 7.90. The second-order valence-corrected chi connectivity index (χ2v) is 9.04. The van der Waals surface area contributed by atoms with Gasteiger partial charge in [-0.2, -0.15) is 4.98 Å². The van der Waals surface area contributed by atoms with E-state index in [0.717, 1.165) is 48.5 Å². The van der Waals surface area contributed by atoms with Crippen molar-refractivity contribution >= 4 is 9.84 Å². The van der Waals surface area contributed by atoms with Gasteiger partial charge in [-0.05, 0) is 29.8 Å². The fraction of sp³-hybridized carbons (Fsp3) is 0.350. The van der Waals surface area contributed by atoms with Gasteiger partial charge in [0.2, 0.25) is 5.89 Å². The molecule has 0 unspecified atom stereocenters. The first kappa shape index (κ1) is 19.5. The summed E-state index contributed by atoms with van der Waals surface area (Å²) in [6.45, 7) is 4.25. The molecule has 0 spiro atoms. The molecule has 0 aliphatic carbocycles. The Hall–Kier alpha value is -2.78. The lowest BCUT2D eigenvalue weighted by Gasteiger charge is -2.38. The normalized spacial score (nSPS) is 15.2. The molecule has 0 N–H and O–H groups in total. The van der Waals surface area contributed by atoms with E-state index in [0.29, 0.717) is 12.4 Å². The third kappa shape index (κ3) is 4.63. The minimum Gasteiger partial charge on any atom is -0.488 e. The molecule has 8 nitrogen and oxygen atoms in total. The van der Waals surface area contributed by atoms with Crippen molar-refractivity contribution in [2.45, 2.75) is 31.0 Å². The molecule has 0 amide bonds. The van der Waals surface area contributed by atoms with Crippen molar-refractivity contribution in [2.75, 3.05) is 19.3 Å². The van der Waals surface area contributed by atoms with Gasteiger partial charge in [-0.1, -0.05) is 24.2 Å². The molecule has 3 heterocycles. The van der Waals surface area contributed by atoms with Gasteiger partial charge >= 0.3 is 0 Å². The molecule has 0 radical (unpaired) electrons. The fourth-order valence-electron chi connectivity index (χ4n) is 3.10. The minimum atomic E-state index is -3.29. The van der Waals surface area contributed by atoms with Gasteiger partial charge in [0.25, 0.3) is 0 Å². The molecule has 1 saturated heterocycles. The van der Waals surface area contributed by atoms with Crippen molar-refractivity contribution in [1.82, 2.24) is 20.0 Å². The van der Waals surface area contributed by atoms with E-state index in [9.17, 15) is 8.42 Å². The smallest absolute Gasteiger partial charge is 0.240 e. The van der Waals surface area contributed by atoms with Crippen LogP contribution in [0.15, 0.2) is 52.1 Å². The van der Waals surface area contributed by atoms with Crippen LogP contribution in [0, 0.1) is 0 Å². The topological polar surface area (TPSA) is 98.4 Å². The molecule has 0 atom stereocenters. The number of benzene rings is 1. The van der Waals surface area contributed by atoms with Crippen LogP contribution in [0.2, 0.25) is 0 Å². The summed E-state index contributed by atoms with van der Waals surface area (Å²) < 4.78 is 34.2. The molecule has 4 rings (SSSR count). The Kier molecular flexibility index (Phi) is 5.33. The zero-order chi connectivity index (χ0) is 20.4. The largest absolute Gasteiger partial charge is 0.488 e. The van der Waals surface area contributed by atoms with Crippen LogP contribution in [0.1, 0.15) is 18.6 Å². The number of hydrogen-bond acceptors (Lipinski definition) is 8. The molecular formula is C20H22N4O4S. The number of ether oxygens (including phenoxy) is 1. The van der Waals surface area contributed by atoms with Crippen LogP contribution >= 0.6 is 0 Å². The summed E-state index contributed by atoms with van der Waals surface area (Å²) in [5.74, 6) is 2.17. The highest BCUT2D eigenvalue weighted by Crippen LogP contribution is 2.25. The van der Waals surface area contributed by atoms with Gasteiger partial charge in [0.05, 0.1) is 6.54 Å². The molecule has 0 bridgehead atoms. The molecular weight excluding hydrogens is 392 g/mol. The molecule has 29 heavy (non-hydrogen) atoms. The van der Waals surface area contributed by atoms with E-state index in [1.54, 1.807) is 12.3 Å². The maximum atomic E-state index is 11.5. The van der Waals surface area contributed by atoms with Crippen LogP contribution in [-0.2, 0) is 22.8 Å². The summed E-state index contributed by atoms with van der Waals surface area (Å²) in [5.41, 5.74) is 1.80.